The first-order valence-corrected chi connectivity index (χ1v) is 25.0. The van der Waals surface area contributed by atoms with Gasteiger partial charge in [0.1, 0.15) is 35.9 Å². The highest BCUT2D eigenvalue weighted by atomic mass is 16.7. The number of piperidine rings is 1. The highest BCUT2D eigenvalue weighted by molar-refractivity contribution is 6.39. The van der Waals surface area contributed by atoms with E-state index in [1.54, 1.807) is 33.8 Å². The molecule has 1 aromatic carbocycles. The second kappa shape index (κ2) is 23.3. The number of ketones is 2. The van der Waals surface area contributed by atoms with E-state index in [0.717, 1.165) is 23.9 Å². The number of cyclic esters (lactones) is 1. The largest absolute Gasteiger partial charge is 0.488 e. The first kappa shape index (κ1) is 53.4. The normalized spacial score (nSPS) is 36.7. The quantitative estimate of drug-likeness (QED) is 0.125. The number of aliphatic hydroxyl groups excluding tert-OH is 3. The number of rotatable bonds is 9. The van der Waals surface area contributed by atoms with Crippen LogP contribution in [0.1, 0.15) is 119 Å². The van der Waals surface area contributed by atoms with E-state index in [1.807, 2.05) is 38.1 Å². The van der Waals surface area contributed by atoms with E-state index >= 15 is 0 Å². The van der Waals surface area contributed by atoms with Crippen LogP contribution in [0, 0.1) is 29.6 Å². The van der Waals surface area contributed by atoms with Gasteiger partial charge in [0.25, 0.3) is 11.7 Å². The molecule has 4 aliphatic rings. The molecule has 3 fully saturated rings. The van der Waals surface area contributed by atoms with Crippen molar-refractivity contribution in [1.29, 1.82) is 0 Å². The van der Waals surface area contributed by atoms with Gasteiger partial charge in [-0.25, -0.2) is 4.79 Å². The lowest BCUT2D eigenvalue weighted by atomic mass is 9.81. The summed E-state index contributed by atoms with van der Waals surface area (Å²) in [7, 11) is 2.94. The number of allylic oxidation sites excluding steroid dienone is 2. The number of methoxy groups -OCH3 is 2. The molecule has 15 atom stereocenters. The molecular formula is C53H78N2O13. The number of benzene rings is 1. The number of ether oxygens (including phenoxy) is 5. The molecule has 1 aliphatic carbocycles. The summed E-state index contributed by atoms with van der Waals surface area (Å²) in [6.07, 6.45) is 2.72. The van der Waals surface area contributed by atoms with Gasteiger partial charge in [-0.05, 0) is 118 Å². The second-order valence-corrected chi connectivity index (χ2v) is 20.4. The minimum Gasteiger partial charge on any atom is -0.488 e. The van der Waals surface area contributed by atoms with Gasteiger partial charge in [-0.15, -0.1) is 0 Å². The van der Waals surface area contributed by atoms with Crippen LogP contribution in [0.25, 0.3) is 10.9 Å². The van der Waals surface area contributed by atoms with Crippen LogP contribution in [0.2, 0.25) is 0 Å². The van der Waals surface area contributed by atoms with Crippen molar-refractivity contribution in [2.45, 2.75) is 186 Å². The fourth-order valence-electron chi connectivity index (χ4n) is 11.0. The lowest BCUT2D eigenvalue weighted by molar-refractivity contribution is -0.302. The van der Waals surface area contributed by atoms with E-state index in [4.69, 9.17) is 23.7 Å². The maximum atomic E-state index is 14.7. The van der Waals surface area contributed by atoms with E-state index < -0.39 is 96.1 Å². The van der Waals surface area contributed by atoms with Crippen LogP contribution in [-0.2, 0) is 44.7 Å². The second-order valence-electron chi connectivity index (χ2n) is 20.4. The zero-order valence-electron chi connectivity index (χ0n) is 41.7. The number of hydrogen-bond acceptors (Lipinski definition) is 13. The van der Waals surface area contributed by atoms with Gasteiger partial charge in [0.2, 0.25) is 5.79 Å². The minimum absolute atomic E-state index is 0.0240. The average molecular weight is 951 g/mol. The number of aromatic nitrogens is 1. The van der Waals surface area contributed by atoms with E-state index in [9.17, 15) is 39.6 Å². The fraction of sp³-hybridized carbons (Fsp3) is 0.698. The Morgan fingerprint density at radius 1 is 0.912 bits per heavy atom. The Kier molecular flexibility index (Phi) is 18.3. The van der Waals surface area contributed by atoms with Crippen molar-refractivity contribution in [3.8, 4) is 5.75 Å². The summed E-state index contributed by atoms with van der Waals surface area (Å²) in [5.74, 6) is -7.53. The number of Topliss-reactive ketones (excluding diaryl/α,β-unsaturated/α-hetero) is 2. The molecule has 1 saturated carbocycles. The van der Waals surface area contributed by atoms with Crippen molar-refractivity contribution >= 4 is 34.3 Å². The van der Waals surface area contributed by atoms with E-state index in [2.05, 4.69) is 23.8 Å². The number of aliphatic hydroxyl groups is 4. The van der Waals surface area contributed by atoms with Crippen molar-refractivity contribution in [2.75, 3.05) is 20.8 Å². The minimum atomic E-state index is -2.59. The van der Waals surface area contributed by atoms with Crippen LogP contribution < -0.4 is 4.74 Å². The highest BCUT2D eigenvalue weighted by Gasteiger charge is 2.57. The van der Waals surface area contributed by atoms with Gasteiger partial charge >= 0.3 is 5.97 Å². The number of amides is 1. The molecule has 15 heteroatoms. The van der Waals surface area contributed by atoms with E-state index in [0.29, 0.717) is 49.0 Å². The average Bonchev–Trinajstić information content (AvgIpc) is 3.73. The Morgan fingerprint density at radius 3 is 2.31 bits per heavy atom. The topological polar surface area (TPSA) is 204 Å². The molecule has 4 heterocycles. The lowest BCUT2D eigenvalue weighted by Gasteiger charge is -2.47. The summed E-state index contributed by atoms with van der Waals surface area (Å²) in [6, 6.07) is 6.83. The van der Waals surface area contributed by atoms with Crippen molar-refractivity contribution in [1.82, 2.24) is 9.47 Å². The molecule has 0 spiro atoms. The van der Waals surface area contributed by atoms with E-state index in [-0.39, 0.29) is 56.3 Å². The molecule has 2 bridgehead atoms. The van der Waals surface area contributed by atoms with Crippen LogP contribution in [0.15, 0.2) is 53.8 Å². The molecule has 15 unspecified atom stereocenters. The van der Waals surface area contributed by atoms with Crippen LogP contribution in [0.4, 0.5) is 0 Å². The van der Waals surface area contributed by atoms with Gasteiger partial charge < -0.3 is 53.6 Å². The Labute approximate surface area is 402 Å². The van der Waals surface area contributed by atoms with Crippen LogP contribution in [0.5, 0.6) is 5.75 Å². The molecule has 4 N–H and O–H groups in total. The SMILES string of the molecule is CCCn1ccc2cc(OC3CCC(C=C(C)C4OC(=O)C5CC(CC)CCN5C(=O)C(=O)C5(O)OC(C(OC)CC(C)C(O)C(C)=CCC(=O)CC(O)C4C)C(OC)CC5C)CC3O)ccc21. The third kappa shape index (κ3) is 12.0. The summed E-state index contributed by atoms with van der Waals surface area (Å²) >= 11 is 0. The Bertz CT molecular complexity index is 2130. The highest BCUT2D eigenvalue weighted by Crippen LogP contribution is 2.40. The van der Waals surface area contributed by atoms with Gasteiger partial charge in [-0.2, -0.15) is 0 Å². The zero-order chi connectivity index (χ0) is 49.6. The smallest absolute Gasteiger partial charge is 0.329 e. The fourth-order valence-corrected chi connectivity index (χ4v) is 11.0. The predicted molar refractivity (Wildman–Crippen MR) is 255 cm³/mol. The molecule has 15 nitrogen and oxygen atoms in total. The van der Waals surface area contributed by atoms with Crippen molar-refractivity contribution < 1.29 is 63.3 Å². The summed E-state index contributed by atoms with van der Waals surface area (Å²) < 4.78 is 32.8. The van der Waals surface area contributed by atoms with E-state index in [1.165, 1.54) is 19.1 Å². The number of hydrogen-bond donors (Lipinski definition) is 4. The zero-order valence-corrected chi connectivity index (χ0v) is 41.7. The monoisotopic (exact) mass is 951 g/mol. The maximum Gasteiger partial charge on any atom is 0.329 e. The molecule has 378 valence electrons. The molecule has 3 aliphatic heterocycles. The molecular weight excluding hydrogens is 873 g/mol. The Morgan fingerprint density at radius 2 is 1.63 bits per heavy atom. The maximum absolute atomic E-state index is 14.7. The third-order valence-corrected chi connectivity index (χ3v) is 15.5. The summed E-state index contributed by atoms with van der Waals surface area (Å²) in [4.78, 5) is 58.3. The lowest BCUT2D eigenvalue weighted by Crippen LogP contribution is -2.64. The van der Waals surface area contributed by atoms with Gasteiger partial charge in [-0.1, -0.05) is 53.2 Å². The van der Waals surface area contributed by atoms with Crippen molar-refractivity contribution in [2.24, 2.45) is 29.6 Å². The first-order chi connectivity index (χ1) is 32.3. The molecule has 2 aromatic rings. The molecule has 1 aromatic heterocycles. The van der Waals surface area contributed by atoms with Gasteiger partial charge in [0.05, 0.1) is 30.5 Å². The number of esters is 1. The standard InChI is InChI=1S/C53H78N2O13/c1-10-20-54-21-19-37-28-39(15-16-40(37)54)66-44-17-13-36(27-43(44)58)23-32(5)48-34(7)42(57)29-38(56)14-12-30(3)47(59)31(4)24-45(64-8)49-46(65-9)25-33(6)53(63,68-49)50(60)51(61)55-22-18-35(11-2)26-41(55)52(62)67-48/h12,15-16,19,21,23,28,31,33-36,41-49,57-59,63H,10-11,13-14,17-18,20,22,24-27,29H2,1-9H3. The molecule has 6 rings (SSSR count). The Balaban J connectivity index is 1.29. The summed E-state index contributed by atoms with van der Waals surface area (Å²) in [6.45, 7) is 13.7. The molecule has 2 saturated heterocycles. The first-order valence-electron chi connectivity index (χ1n) is 25.0. The predicted octanol–water partition coefficient (Wildman–Crippen LogP) is 6.24. The Hall–Kier alpha value is -3.96. The number of nitrogens with zero attached hydrogens (tertiary/aromatic N) is 2. The van der Waals surface area contributed by atoms with Crippen molar-refractivity contribution in [3.63, 3.8) is 0 Å². The number of aryl methyl sites for hydroxylation is 1. The third-order valence-electron chi connectivity index (χ3n) is 15.5. The molecule has 1 amide bonds. The van der Waals surface area contributed by atoms with Gasteiger partial charge in [-0.3, -0.25) is 14.4 Å². The number of fused-ring (bicyclic) bond motifs is 4. The molecule has 68 heavy (non-hydrogen) atoms. The van der Waals surface area contributed by atoms with Crippen LogP contribution in [0.3, 0.4) is 0 Å². The number of carbonyl (C=O) groups excluding carboxylic acids is 4. The summed E-state index contributed by atoms with van der Waals surface area (Å²) in [5.41, 5.74) is 2.26. The van der Waals surface area contributed by atoms with Crippen LogP contribution >= 0.6 is 0 Å². The van der Waals surface area contributed by atoms with Gasteiger partial charge in [0, 0.05) is 69.1 Å². The molecule has 0 radical (unpaired) electrons. The van der Waals surface area contributed by atoms with Gasteiger partial charge in [0.15, 0.2) is 0 Å². The van der Waals surface area contributed by atoms with Crippen molar-refractivity contribution in [3.05, 3.63) is 53.8 Å². The van der Waals surface area contributed by atoms with Crippen LogP contribution in [-0.4, -0.2) is 135 Å². The summed E-state index contributed by atoms with van der Waals surface area (Å²) in [5, 5.41) is 47.8. The number of carbonyl (C=O) groups is 4.